The molecule has 0 saturated heterocycles. The minimum atomic E-state index is -0.558. The summed E-state index contributed by atoms with van der Waals surface area (Å²) in [4.78, 5) is 23.4. The first-order chi connectivity index (χ1) is 5.69. The van der Waals surface area contributed by atoms with E-state index in [9.17, 15) is 9.59 Å². The van der Waals surface area contributed by atoms with Crippen molar-refractivity contribution < 1.29 is 14.7 Å². The lowest BCUT2D eigenvalue weighted by atomic mass is 10.2. The van der Waals surface area contributed by atoms with Crippen molar-refractivity contribution in [2.75, 3.05) is 6.61 Å². The molecule has 1 aliphatic heterocycles. The monoisotopic (exact) mass is 167 g/mol. The van der Waals surface area contributed by atoms with Crippen molar-refractivity contribution >= 4 is 11.8 Å². The highest BCUT2D eigenvalue weighted by molar-refractivity contribution is 6.13. The molecule has 1 fully saturated rings. The van der Waals surface area contributed by atoms with Gasteiger partial charge in [0.15, 0.2) is 0 Å². The molecule has 0 aromatic rings. The van der Waals surface area contributed by atoms with Crippen LogP contribution in [0, 0.1) is 0 Å². The molecule has 2 aliphatic rings. The molecule has 0 atom stereocenters. The molecule has 2 amide bonds. The van der Waals surface area contributed by atoms with Gasteiger partial charge in [0.1, 0.15) is 0 Å². The van der Waals surface area contributed by atoms with Crippen LogP contribution in [0.3, 0.4) is 0 Å². The van der Waals surface area contributed by atoms with Crippen LogP contribution in [-0.2, 0) is 9.59 Å². The molecule has 2 rings (SSSR count). The highest BCUT2D eigenvalue weighted by atomic mass is 16.3. The molecule has 4 nitrogen and oxygen atoms in total. The Balaban J connectivity index is 2.24. The summed E-state index contributed by atoms with van der Waals surface area (Å²) in [6, 6.07) is 0. The fourth-order valence-corrected chi connectivity index (χ4v) is 1.46. The number of hydrogen-bond donors (Lipinski definition) is 1. The van der Waals surface area contributed by atoms with E-state index in [2.05, 4.69) is 0 Å². The minimum absolute atomic E-state index is 0.119. The van der Waals surface area contributed by atoms with Crippen LogP contribution in [0.4, 0.5) is 0 Å². The Morgan fingerprint density at radius 2 is 1.83 bits per heavy atom. The number of carbonyl (C=O) groups is 2. The second kappa shape index (κ2) is 2.17. The Bertz CT molecular complexity index is 260. The summed E-state index contributed by atoms with van der Waals surface area (Å²) < 4.78 is 0. The van der Waals surface area contributed by atoms with Gasteiger partial charge in [-0.25, -0.2) is 0 Å². The average Bonchev–Trinajstić information content (AvgIpc) is 2.77. The normalized spacial score (nSPS) is 25.2. The van der Waals surface area contributed by atoms with Gasteiger partial charge in [-0.05, 0) is 12.8 Å². The standard InChI is InChI=1S/C8H9NO3/c10-5-8(3-4-8)9-6(11)1-2-7(9)12/h1-2,10H,3-5H2. The van der Waals surface area contributed by atoms with Crippen molar-refractivity contribution in [1.82, 2.24) is 4.90 Å². The lowest BCUT2D eigenvalue weighted by Gasteiger charge is -2.23. The molecule has 1 N–H and O–H groups in total. The van der Waals surface area contributed by atoms with Crippen LogP contribution in [0.1, 0.15) is 12.8 Å². The Morgan fingerprint density at radius 1 is 1.33 bits per heavy atom. The van der Waals surface area contributed by atoms with Gasteiger partial charge < -0.3 is 5.11 Å². The molecular formula is C8H9NO3. The topological polar surface area (TPSA) is 57.6 Å². The number of imide groups is 1. The van der Waals surface area contributed by atoms with E-state index in [0.717, 1.165) is 17.7 Å². The van der Waals surface area contributed by atoms with Gasteiger partial charge in [-0.1, -0.05) is 0 Å². The van der Waals surface area contributed by atoms with E-state index in [1.165, 1.54) is 12.2 Å². The number of amides is 2. The maximum Gasteiger partial charge on any atom is 0.254 e. The molecule has 1 saturated carbocycles. The fourth-order valence-electron chi connectivity index (χ4n) is 1.46. The third-order valence-corrected chi connectivity index (χ3v) is 2.41. The average molecular weight is 167 g/mol. The SMILES string of the molecule is O=C1C=CC(=O)N1C1(CO)CC1. The van der Waals surface area contributed by atoms with E-state index in [-0.39, 0.29) is 18.4 Å². The molecule has 4 heteroatoms. The van der Waals surface area contributed by atoms with Gasteiger partial charge in [0.2, 0.25) is 0 Å². The molecule has 64 valence electrons. The van der Waals surface area contributed by atoms with Gasteiger partial charge in [0.25, 0.3) is 11.8 Å². The van der Waals surface area contributed by atoms with Gasteiger partial charge >= 0.3 is 0 Å². The molecular weight excluding hydrogens is 158 g/mol. The fraction of sp³-hybridized carbons (Fsp3) is 0.500. The molecule has 0 radical (unpaired) electrons. The first-order valence-corrected chi connectivity index (χ1v) is 3.87. The van der Waals surface area contributed by atoms with E-state index < -0.39 is 5.54 Å². The minimum Gasteiger partial charge on any atom is -0.394 e. The van der Waals surface area contributed by atoms with Crippen LogP contribution in [0.5, 0.6) is 0 Å². The second-order valence-corrected chi connectivity index (χ2v) is 3.23. The summed E-state index contributed by atoms with van der Waals surface area (Å²) in [5.74, 6) is -0.599. The van der Waals surface area contributed by atoms with Gasteiger partial charge in [0.05, 0.1) is 12.1 Å². The van der Waals surface area contributed by atoms with Crippen molar-refractivity contribution in [3.05, 3.63) is 12.2 Å². The zero-order valence-electron chi connectivity index (χ0n) is 6.49. The Labute approximate surface area is 69.5 Å². The highest BCUT2D eigenvalue weighted by Crippen LogP contribution is 2.42. The predicted molar refractivity (Wildman–Crippen MR) is 40.0 cm³/mol. The van der Waals surface area contributed by atoms with E-state index in [1.807, 2.05) is 0 Å². The van der Waals surface area contributed by atoms with E-state index in [1.54, 1.807) is 0 Å². The summed E-state index contributed by atoms with van der Waals surface area (Å²) in [6.07, 6.45) is 3.95. The quantitative estimate of drug-likeness (QED) is 0.561. The first-order valence-electron chi connectivity index (χ1n) is 3.87. The van der Waals surface area contributed by atoms with E-state index >= 15 is 0 Å². The van der Waals surface area contributed by atoms with Gasteiger partial charge in [-0.2, -0.15) is 0 Å². The number of carbonyl (C=O) groups excluding carboxylic acids is 2. The Morgan fingerprint density at radius 3 is 2.17 bits per heavy atom. The number of hydrogen-bond acceptors (Lipinski definition) is 3. The zero-order valence-corrected chi connectivity index (χ0v) is 6.49. The van der Waals surface area contributed by atoms with Crippen molar-refractivity contribution in [2.24, 2.45) is 0 Å². The predicted octanol–water partition coefficient (Wildman–Crippen LogP) is -0.564. The van der Waals surface area contributed by atoms with Crippen LogP contribution in [0.25, 0.3) is 0 Å². The summed E-state index contributed by atoms with van der Waals surface area (Å²) in [5.41, 5.74) is -0.558. The third kappa shape index (κ3) is 0.814. The van der Waals surface area contributed by atoms with Crippen LogP contribution >= 0.6 is 0 Å². The molecule has 0 aromatic heterocycles. The van der Waals surface area contributed by atoms with Gasteiger partial charge in [0, 0.05) is 12.2 Å². The second-order valence-electron chi connectivity index (χ2n) is 3.23. The van der Waals surface area contributed by atoms with Crippen molar-refractivity contribution in [3.63, 3.8) is 0 Å². The molecule has 0 spiro atoms. The summed E-state index contributed by atoms with van der Waals surface area (Å²) in [5, 5.41) is 8.98. The number of nitrogens with zero attached hydrogens (tertiary/aromatic N) is 1. The smallest absolute Gasteiger partial charge is 0.254 e. The lowest BCUT2D eigenvalue weighted by molar-refractivity contribution is -0.141. The Hall–Kier alpha value is -1.16. The highest BCUT2D eigenvalue weighted by Gasteiger charge is 2.52. The maximum absolute atomic E-state index is 11.1. The van der Waals surface area contributed by atoms with Crippen molar-refractivity contribution in [3.8, 4) is 0 Å². The van der Waals surface area contributed by atoms with Crippen LogP contribution in [0.2, 0.25) is 0 Å². The number of aliphatic hydroxyl groups is 1. The largest absolute Gasteiger partial charge is 0.394 e. The molecule has 1 heterocycles. The summed E-state index contributed by atoms with van der Waals surface area (Å²) in [6.45, 7) is -0.119. The molecule has 12 heavy (non-hydrogen) atoms. The number of rotatable bonds is 2. The van der Waals surface area contributed by atoms with Crippen molar-refractivity contribution in [1.29, 1.82) is 0 Å². The summed E-state index contributed by atoms with van der Waals surface area (Å²) >= 11 is 0. The third-order valence-electron chi connectivity index (χ3n) is 2.41. The first kappa shape index (κ1) is 7.49. The summed E-state index contributed by atoms with van der Waals surface area (Å²) in [7, 11) is 0. The van der Waals surface area contributed by atoms with E-state index in [0.29, 0.717) is 0 Å². The van der Waals surface area contributed by atoms with Gasteiger partial charge in [-0.15, -0.1) is 0 Å². The van der Waals surface area contributed by atoms with Crippen LogP contribution in [0.15, 0.2) is 12.2 Å². The van der Waals surface area contributed by atoms with Crippen LogP contribution < -0.4 is 0 Å². The lowest BCUT2D eigenvalue weighted by Crippen LogP contribution is -2.44. The Kier molecular flexibility index (Phi) is 1.35. The molecule has 0 bridgehead atoms. The number of aliphatic hydroxyl groups excluding tert-OH is 1. The van der Waals surface area contributed by atoms with Crippen molar-refractivity contribution in [2.45, 2.75) is 18.4 Å². The zero-order chi connectivity index (χ0) is 8.77. The van der Waals surface area contributed by atoms with Crippen LogP contribution in [-0.4, -0.2) is 34.0 Å². The molecule has 1 aliphatic carbocycles. The molecule has 0 aromatic carbocycles. The van der Waals surface area contributed by atoms with Gasteiger partial charge in [-0.3, -0.25) is 14.5 Å². The van der Waals surface area contributed by atoms with E-state index in [4.69, 9.17) is 5.11 Å². The maximum atomic E-state index is 11.1. The molecule has 0 unspecified atom stereocenters.